The van der Waals surface area contributed by atoms with E-state index < -0.39 is 0 Å². The van der Waals surface area contributed by atoms with Gasteiger partial charge in [0.25, 0.3) is 0 Å². The molecule has 1 aliphatic rings. The molecule has 1 aliphatic heterocycles. The van der Waals surface area contributed by atoms with Gasteiger partial charge in [0.15, 0.2) is 11.5 Å². The highest BCUT2D eigenvalue weighted by Crippen LogP contribution is 2.45. The van der Waals surface area contributed by atoms with Gasteiger partial charge in [0.2, 0.25) is 12.5 Å². The Labute approximate surface area is 148 Å². The van der Waals surface area contributed by atoms with Crippen molar-refractivity contribution < 1.29 is 18.7 Å². The van der Waals surface area contributed by atoms with E-state index in [2.05, 4.69) is 5.16 Å². The highest BCUT2D eigenvalue weighted by molar-refractivity contribution is 7.98. The summed E-state index contributed by atoms with van der Waals surface area (Å²) < 4.78 is 21.6. The number of hydrogen-bond donors (Lipinski definition) is 1. The maximum absolute atomic E-state index is 6.12. The molecule has 3 aromatic rings. The van der Waals surface area contributed by atoms with Crippen LogP contribution in [0.25, 0.3) is 22.4 Å². The first-order valence-electron chi connectivity index (χ1n) is 7.57. The van der Waals surface area contributed by atoms with Crippen LogP contribution in [-0.2, 0) is 0 Å². The van der Waals surface area contributed by atoms with Crippen LogP contribution in [-0.4, -0.2) is 25.3 Å². The van der Waals surface area contributed by atoms with Gasteiger partial charge in [0.1, 0.15) is 12.0 Å². The van der Waals surface area contributed by atoms with Gasteiger partial charge in [0, 0.05) is 21.7 Å². The third-order valence-electron chi connectivity index (χ3n) is 4.04. The molecule has 0 saturated heterocycles. The largest absolute Gasteiger partial charge is 0.493 e. The highest BCUT2D eigenvalue weighted by Gasteiger charge is 2.23. The van der Waals surface area contributed by atoms with Crippen LogP contribution in [0.4, 0.5) is 5.69 Å². The Bertz CT molecular complexity index is 939. The number of aromatic nitrogens is 1. The Morgan fingerprint density at radius 2 is 2.04 bits per heavy atom. The predicted octanol–water partition coefficient (Wildman–Crippen LogP) is 4.05. The molecule has 0 unspecified atom stereocenters. The summed E-state index contributed by atoms with van der Waals surface area (Å²) in [7, 11) is 1.59. The zero-order chi connectivity index (χ0) is 17.4. The zero-order valence-corrected chi connectivity index (χ0v) is 14.6. The van der Waals surface area contributed by atoms with Crippen LogP contribution >= 0.6 is 11.8 Å². The molecule has 2 N–H and O–H groups in total. The molecule has 2 heterocycles. The second-order valence-corrected chi connectivity index (χ2v) is 6.29. The molecule has 6 nitrogen and oxygen atoms in total. The molecule has 128 valence electrons. The summed E-state index contributed by atoms with van der Waals surface area (Å²) in [5, 5.41) is 4.16. The number of nitrogens with two attached hydrogens (primary N) is 1. The molecular formula is C18H16N2O4S. The third-order valence-corrected chi connectivity index (χ3v) is 4.85. The number of thioether (sulfide) groups is 1. The molecule has 0 spiro atoms. The third kappa shape index (κ3) is 2.66. The number of nitrogen functional groups attached to an aromatic ring is 1. The summed E-state index contributed by atoms with van der Waals surface area (Å²) in [5.74, 6) is 1.82. The van der Waals surface area contributed by atoms with Crippen LogP contribution in [0.2, 0.25) is 0 Å². The van der Waals surface area contributed by atoms with Crippen LogP contribution in [0.5, 0.6) is 17.2 Å². The fraction of sp³-hybridized carbons (Fsp3) is 0.167. The van der Waals surface area contributed by atoms with Crippen molar-refractivity contribution in [2.45, 2.75) is 4.90 Å². The van der Waals surface area contributed by atoms with E-state index in [0.29, 0.717) is 22.9 Å². The van der Waals surface area contributed by atoms with Crippen molar-refractivity contribution in [3.8, 4) is 39.6 Å². The molecular weight excluding hydrogens is 340 g/mol. The van der Waals surface area contributed by atoms with Crippen LogP contribution in [0.1, 0.15) is 0 Å². The number of hydrogen-bond acceptors (Lipinski definition) is 7. The van der Waals surface area contributed by atoms with Crippen LogP contribution in [0.3, 0.4) is 0 Å². The van der Waals surface area contributed by atoms with E-state index in [1.165, 1.54) is 0 Å². The normalized spacial score (nSPS) is 12.4. The standard InChI is InChI=1S/C18H16N2O4S/c1-21-14-6-11(7-15-18(14)23-9-22-15)17-12(8-24-20-17)10-3-4-16(25-2)13(19)5-10/h3-8H,9,19H2,1-2H3. The van der Waals surface area contributed by atoms with Crippen molar-refractivity contribution in [3.05, 3.63) is 36.6 Å². The number of nitrogens with zero attached hydrogens (tertiary/aromatic N) is 1. The Hall–Kier alpha value is -2.80. The summed E-state index contributed by atoms with van der Waals surface area (Å²) in [6.45, 7) is 0.174. The lowest BCUT2D eigenvalue weighted by atomic mass is 10.0. The quantitative estimate of drug-likeness (QED) is 0.558. The molecule has 0 radical (unpaired) electrons. The summed E-state index contributed by atoms with van der Waals surface area (Å²) in [5.41, 5.74) is 10.1. The molecule has 0 bridgehead atoms. The molecule has 0 saturated carbocycles. The number of ether oxygens (including phenoxy) is 3. The molecule has 0 atom stereocenters. The summed E-state index contributed by atoms with van der Waals surface area (Å²) in [4.78, 5) is 1.03. The molecule has 0 fully saturated rings. The lowest BCUT2D eigenvalue weighted by Gasteiger charge is -2.09. The van der Waals surface area contributed by atoms with Crippen molar-refractivity contribution in [2.24, 2.45) is 0 Å². The molecule has 4 rings (SSSR count). The lowest BCUT2D eigenvalue weighted by Crippen LogP contribution is -1.93. The van der Waals surface area contributed by atoms with Gasteiger partial charge >= 0.3 is 0 Å². The number of benzene rings is 2. The zero-order valence-electron chi connectivity index (χ0n) is 13.7. The van der Waals surface area contributed by atoms with E-state index in [-0.39, 0.29) is 6.79 Å². The first kappa shape index (κ1) is 15.7. The molecule has 0 aliphatic carbocycles. The Morgan fingerprint density at radius 1 is 1.16 bits per heavy atom. The monoisotopic (exact) mass is 356 g/mol. The van der Waals surface area contributed by atoms with Gasteiger partial charge < -0.3 is 24.5 Å². The van der Waals surface area contributed by atoms with E-state index in [4.69, 9.17) is 24.5 Å². The van der Waals surface area contributed by atoms with Crippen LogP contribution < -0.4 is 19.9 Å². The predicted molar refractivity (Wildman–Crippen MR) is 96.2 cm³/mol. The minimum atomic E-state index is 0.174. The molecule has 0 amide bonds. The molecule has 25 heavy (non-hydrogen) atoms. The molecule has 7 heteroatoms. The first-order chi connectivity index (χ1) is 12.2. The second kappa shape index (κ2) is 6.25. The topological polar surface area (TPSA) is 79.7 Å². The number of rotatable bonds is 4. The summed E-state index contributed by atoms with van der Waals surface area (Å²) in [6.07, 6.45) is 3.61. The van der Waals surface area contributed by atoms with Gasteiger partial charge in [-0.3, -0.25) is 0 Å². The highest BCUT2D eigenvalue weighted by atomic mass is 32.2. The van der Waals surface area contributed by atoms with Gasteiger partial charge in [-0.1, -0.05) is 11.2 Å². The maximum Gasteiger partial charge on any atom is 0.231 e. The number of anilines is 1. The van der Waals surface area contributed by atoms with E-state index in [1.54, 1.807) is 25.1 Å². The van der Waals surface area contributed by atoms with Gasteiger partial charge in [-0.05, 0) is 36.1 Å². The number of fused-ring (bicyclic) bond motifs is 1. The minimum Gasteiger partial charge on any atom is -0.493 e. The van der Waals surface area contributed by atoms with E-state index in [9.17, 15) is 0 Å². The van der Waals surface area contributed by atoms with Crippen LogP contribution in [0.15, 0.2) is 46.0 Å². The maximum atomic E-state index is 6.12. The smallest absolute Gasteiger partial charge is 0.231 e. The Morgan fingerprint density at radius 3 is 2.80 bits per heavy atom. The Balaban J connectivity index is 1.82. The summed E-state index contributed by atoms with van der Waals surface area (Å²) >= 11 is 1.61. The van der Waals surface area contributed by atoms with Crippen molar-refractivity contribution in [1.82, 2.24) is 5.16 Å². The molecule has 2 aromatic carbocycles. The molecule has 1 aromatic heterocycles. The van der Waals surface area contributed by atoms with Crippen molar-refractivity contribution in [2.75, 3.05) is 25.9 Å². The van der Waals surface area contributed by atoms with Gasteiger partial charge in [-0.25, -0.2) is 0 Å². The fourth-order valence-corrected chi connectivity index (χ4v) is 3.32. The second-order valence-electron chi connectivity index (χ2n) is 5.45. The average molecular weight is 356 g/mol. The van der Waals surface area contributed by atoms with E-state index >= 15 is 0 Å². The van der Waals surface area contributed by atoms with E-state index in [0.717, 1.165) is 27.3 Å². The summed E-state index contributed by atoms with van der Waals surface area (Å²) in [6, 6.07) is 9.64. The van der Waals surface area contributed by atoms with Crippen molar-refractivity contribution in [1.29, 1.82) is 0 Å². The first-order valence-corrected chi connectivity index (χ1v) is 8.80. The van der Waals surface area contributed by atoms with Crippen molar-refractivity contribution in [3.63, 3.8) is 0 Å². The van der Waals surface area contributed by atoms with Crippen LogP contribution in [0, 0.1) is 0 Å². The van der Waals surface area contributed by atoms with Gasteiger partial charge in [0.05, 0.1) is 7.11 Å². The Kier molecular flexibility index (Phi) is 3.93. The number of methoxy groups -OCH3 is 1. The van der Waals surface area contributed by atoms with Gasteiger partial charge in [-0.15, -0.1) is 11.8 Å². The fourth-order valence-electron chi connectivity index (χ4n) is 2.82. The SMILES string of the molecule is COc1cc(-c2nocc2-c2ccc(SC)c(N)c2)cc2c1OCO2. The van der Waals surface area contributed by atoms with Gasteiger partial charge in [-0.2, -0.15) is 0 Å². The van der Waals surface area contributed by atoms with Crippen molar-refractivity contribution >= 4 is 17.4 Å². The minimum absolute atomic E-state index is 0.174. The van der Waals surface area contributed by atoms with E-state index in [1.807, 2.05) is 36.6 Å². The average Bonchev–Trinajstić information content (AvgIpc) is 3.29. The lowest BCUT2D eigenvalue weighted by molar-refractivity contribution is 0.171.